The van der Waals surface area contributed by atoms with Gasteiger partial charge in [0.1, 0.15) is 0 Å². The highest BCUT2D eigenvalue weighted by atomic mass is 15.1. The predicted octanol–water partition coefficient (Wildman–Crippen LogP) is 5.83. The van der Waals surface area contributed by atoms with Crippen LogP contribution in [0.5, 0.6) is 0 Å². The van der Waals surface area contributed by atoms with Gasteiger partial charge < -0.3 is 15.5 Å². The highest BCUT2D eigenvalue weighted by Crippen LogP contribution is 2.33. The first-order valence-corrected chi connectivity index (χ1v) is 11.5. The molecule has 1 unspecified atom stereocenters. The summed E-state index contributed by atoms with van der Waals surface area (Å²) in [5.41, 5.74) is 4.94. The minimum Gasteiger partial charge on any atom is -0.371 e. The number of nitrogens with zero attached hydrogens (tertiary/aromatic N) is 1. The molecule has 0 aliphatic carbocycles. The Balaban J connectivity index is 3.94. The number of unbranched alkanes of at least 4 members (excludes halogenated alkanes) is 2. The van der Waals surface area contributed by atoms with Gasteiger partial charge in [0.05, 0.1) is 5.70 Å². The molecule has 2 N–H and O–H groups in total. The summed E-state index contributed by atoms with van der Waals surface area (Å²) in [4.78, 5) is 2.34. The van der Waals surface area contributed by atoms with Crippen molar-refractivity contribution in [3.05, 3.63) is 18.0 Å². The zero-order chi connectivity index (χ0) is 21.8. The zero-order valence-corrected chi connectivity index (χ0v) is 20.7. The second kappa shape index (κ2) is 13.5. The van der Waals surface area contributed by atoms with Crippen LogP contribution in [-0.4, -0.2) is 43.7 Å². The van der Waals surface area contributed by atoms with Crippen LogP contribution in [0.3, 0.4) is 0 Å². The minimum absolute atomic E-state index is 0.245. The molecule has 0 saturated heterocycles. The molecule has 0 aromatic heterocycles. The average molecular weight is 394 g/mol. The van der Waals surface area contributed by atoms with Gasteiger partial charge in [-0.05, 0) is 77.4 Å². The first kappa shape index (κ1) is 27.2. The van der Waals surface area contributed by atoms with Crippen LogP contribution in [0.1, 0.15) is 87.5 Å². The average Bonchev–Trinajstić information content (AvgIpc) is 2.55. The monoisotopic (exact) mass is 393 g/mol. The summed E-state index contributed by atoms with van der Waals surface area (Å²) >= 11 is 0. The van der Waals surface area contributed by atoms with Gasteiger partial charge in [-0.2, -0.15) is 0 Å². The molecule has 0 heterocycles. The smallest absolute Gasteiger partial charge is 0.0581 e. The first-order chi connectivity index (χ1) is 12.9. The Hall–Kier alpha value is -0.760. The largest absolute Gasteiger partial charge is 0.371 e. The molecular formula is C25H51N3. The Morgan fingerprint density at radius 3 is 2.04 bits per heavy atom. The van der Waals surface area contributed by atoms with Crippen molar-refractivity contribution >= 4 is 0 Å². The quantitative estimate of drug-likeness (QED) is 0.270. The van der Waals surface area contributed by atoms with Gasteiger partial charge in [-0.15, -0.1) is 5.73 Å². The topological polar surface area (TPSA) is 27.3 Å². The molecule has 166 valence electrons. The second-order valence-electron chi connectivity index (χ2n) is 10.6. The first-order valence-electron chi connectivity index (χ1n) is 11.5. The molecule has 3 heteroatoms. The fourth-order valence-corrected chi connectivity index (χ4v) is 3.59. The number of nitrogens with one attached hydrogen (secondary N) is 2. The maximum atomic E-state index is 3.87. The molecule has 0 bridgehead atoms. The molecule has 0 aliphatic heterocycles. The van der Waals surface area contributed by atoms with E-state index in [9.17, 15) is 0 Å². The lowest BCUT2D eigenvalue weighted by atomic mass is 9.76. The normalized spacial score (nSPS) is 13.5. The SMILES string of the molecule is C=C=C(C(C)C)N(C)CC(C)C(C)(C)CCCNCCCCCNC(C)(C)C. The Bertz CT molecular complexity index is 453. The van der Waals surface area contributed by atoms with Crippen LogP contribution in [-0.2, 0) is 0 Å². The van der Waals surface area contributed by atoms with Gasteiger partial charge in [-0.3, -0.25) is 0 Å². The van der Waals surface area contributed by atoms with Gasteiger partial charge in [0.15, 0.2) is 0 Å². The minimum atomic E-state index is 0.245. The number of rotatable bonds is 15. The van der Waals surface area contributed by atoms with Crippen molar-refractivity contribution in [2.75, 3.05) is 33.2 Å². The van der Waals surface area contributed by atoms with Crippen molar-refractivity contribution in [3.63, 3.8) is 0 Å². The van der Waals surface area contributed by atoms with Crippen molar-refractivity contribution in [2.24, 2.45) is 17.3 Å². The molecule has 28 heavy (non-hydrogen) atoms. The van der Waals surface area contributed by atoms with Crippen molar-refractivity contribution < 1.29 is 0 Å². The third kappa shape index (κ3) is 12.6. The van der Waals surface area contributed by atoms with Crippen molar-refractivity contribution in [3.8, 4) is 0 Å². The van der Waals surface area contributed by atoms with E-state index in [0.29, 0.717) is 17.3 Å². The Morgan fingerprint density at radius 2 is 1.50 bits per heavy atom. The zero-order valence-electron chi connectivity index (χ0n) is 20.7. The predicted molar refractivity (Wildman–Crippen MR) is 127 cm³/mol. The van der Waals surface area contributed by atoms with Crippen LogP contribution in [0.15, 0.2) is 18.0 Å². The van der Waals surface area contributed by atoms with Crippen LogP contribution >= 0.6 is 0 Å². The van der Waals surface area contributed by atoms with E-state index in [1.165, 1.54) is 37.8 Å². The molecular weight excluding hydrogens is 342 g/mol. The van der Waals surface area contributed by atoms with Gasteiger partial charge >= 0.3 is 0 Å². The van der Waals surface area contributed by atoms with E-state index in [1.54, 1.807) is 0 Å². The van der Waals surface area contributed by atoms with Gasteiger partial charge in [0.2, 0.25) is 0 Å². The van der Waals surface area contributed by atoms with E-state index in [4.69, 9.17) is 0 Å². The van der Waals surface area contributed by atoms with E-state index in [0.717, 1.165) is 26.2 Å². The third-order valence-electron chi connectivity index (χ3n) is 5.88. The highest BCUT2D eigenvalue weighted by Gasteiger charge is 2.27. The summed E-state index contributed by atoms with van der Waals surface area (Å²) < 4.78 is 0. The van der Waals surface area contributed by atoms with Crippen LogP contribution in [0.2, 0.25) is 0 Å². The molecule has 0 fully saturated rings. The fourth-order valence-electron chi connectivity index (χ4n) is 3.59. The third-order valence-corrected chi connectivity index (χ3v) is 5.88. The molecule has 0 aromatic rings. The summed E-state index contributed by atoms with van der Waals surface area (Å²) in [6, 6.07) is 0. The number of hydrogen-bond acceptors (Lipinski definition) is 3. The van der Waals surface area contributed by atoms with Gasteiger partial charge in [-0.25, -0.2) is 0 Å². The second-order valence-corrected chi connectivity index (χ2v) is 10.6. The van der Waals surface area contributed by atoms with E-state index < -0.39 is 0 Å². The summed E-state index contributed by atoms with van der Waals surface area (Å²) in [7, 11) is 2.18. The van der Waals surface area contributed by atoms with E-state index in [-0.39, 0.29) is 5.54 Å². The standard InChI is InChI=1S/C25H51N3/c1-11-23(21(2)3)28(10)20-22(4)25(8,9)16-15-18-26-17-13-12-14-19-27-24(5,6)7/h21-22,26-27H,1,12-20H2,2-10H3. The van der Waals surface area contributed by atoms with Crippen LogP contribution in [0.4, 0.5) is 0 Å². The molecule has 0 aliphatic rings. The van der Waals surface area contributed by atoms with Crippen LogP contribution < -0.4 is 10.6 Å². The van der Waals surface area contributed by atoms with Gasteiger partial charge in [0, 0.05) is 25.0 Å². The molecule has 0 amide bonds. The summed E-state index contributed by atoms with van der Waals surface area (Å²) in [6.45, 7) is 26.7. The maximum Gasteiger partial charge on any atom is 0.0581 e. The maximum absolute atomic E-state index is 3.87. The lowest BCUT2D eigenvalue weighted by Gasteiger charge is -2.36. The number of hydrogen-bond donors (Lipinski definition) is 2. The summed E-state index contributed by atoms with van der Waals surface area (Å²) in [6.07, 6.45) is 6.37. The lowest BCUT2D eigenvalue weighted by Crippen LogP contribution is -2.36. The van der Waals surface area contributed by atoms with Crippen molar-refractivity contribution in [1.29, 1.82) is 0 Å². The molecule has 1 atom stereocenters. The van der Waals surface area contributed by atoms with Gasteiger partial charge in [0.25, 0.3) is 0 Å². The molecule has 0 aromatic carbocycles. The molecule has 0 radical (unpaired) electrons. The molecule has 0 rings (SSSR count). The summed E-state index contributed by atoms with van der Waals surface area (Å²) in [5.74, 6) is 1.11. The van der Waals surface area contributed by atoms with Crippen molar-refractivity contribution in [2.45, 2.75) is 93.0 Å². The van der Waals surface area contributed by atoms with Crippen LogP contribution in [0, 0.1) is 17.3 Å². The number of allylic oxidation sites excluding steroid dienone is 1. The summed E-state index contributed by atoms with van der Waals surface area (Å²) in [5, 5.41) is 7.19. The Kier molecular flexibility index (Phi) is 13.1. The molecule has 0 saturated carbocycles. The van der Waals surface area contributed by atoms with E-state index >= 15 is 0 Å². The Morgan fingerprint density at radius 1 is 0.929 bits per heavy atom. The lowest BCUT2D eigenvalue weighted by molar-refractivity contribution is 0.163. The highest BCUT2D eigenvalue weighted by molar-refractivity contribution is 5.01. The van der Waals surface area contributed by atoms with Gasteiger partial charge in [-0.1, -0.05) is 47.6 Å². The Labute approximate surface area is 177 Å². The van der Waals surface area contributed by atoms with E-state index in [2.05, 4.69) is 90.3 Å². The molecule has 3 nitrogen and oxygen atoms in total. The van der Waals surface area contributed by atoms with Crippen LogP contribution in [0.25, 0.3) is 0 Å². The molecule has 0 spiro atoms. The van der Waals surface area contributed by atoms with Crippen molar-refractivity contribution in [1.82, 2.24) is 15.5 Å². The fraction of sp³-hybridized carbons (Fsp3) is 0.880. The van der Waals surface area contributed by atoms with E-state index in [1.807, 2.05) is 0 Å².